The van der Waals surface area contributed by atoms with Gasteiger partial charge in [-0.1, -0.05) is 43.7 Å². The molecule has 1 rings (SSSR count). The van der Waals surface area contributed by atoms with Gasteiger partial charge in [0.2, 0.25) is 11.8 Å². The van der Waals surface area contributed by atoms with Crippen LogP contribution >= 0.6 is 0 Å². The molecular formula is C16H24N2O2. The van der Waals surface area contributed by atoms with Gasteiger partial charge in [0.05, 0.1) is 0 Å². The van der Waals surface area contributed by atoms with Crippen LogP contribution in [0.4, 0.5) is 0 Å². The molecule has 20 heavy (non-hydrogen) atoms. The summed E-state index contributed by atoms with van der Waals surface area (Å²) in [4.78, 5) is 25.8. The van der Waals surface area contributed by atoms with Crippen LogP contribution < -0.4 is 5.32 Å². The fourth-order valence-corrected chi connectivity index (χ4v) is 2.30. The van der Waals surface area contributed by atoms with E-state index in [2.05, 4.69) is 5.32 Å². The van der Waals surface area contributed by atoms with E-state index in [4.69, 9.17) is 0 Å². The molecule has 110 valence electrons. The number of nitrogens with one attached hydrogen (secondary N) is 1. The molecule has 0 aromatic heterocycles. The summed E-state index contributed by atoms with van der Waals surface area (Å²) in [6, 6.07) is 7.62. The molecule has 1 atom stereocenters. The van der Waals surface area contributed by atoms with Crippen LogP contribution in [0, 0.1) is 6.92 Å². The van der Waals surface area contributed by atoms with Crippen molar-refractivity contribution in [2.24, 2.45) is 0 Å². The standard InChI is InChI=1S/C16H24N2O2/c1-5-14(16(20)17-4)18(15(19)6-2)11-13-9-7-8-12(3)10-13/h7-10,14H,5-6,11H2,1-4H3,(H,17,20)/t14-/m0/s1. The van der Waals surface area contributed by atoms with Crippen molar-refractivity contribution >= 4 is 11.8 Å². The Morgan fingerprint density at radius 1 is 1.30 bits per heavy atom. The number of hydrogen-bond acceptors (Lipinski definition) is 2. The van der Waals surface area contributed by atoms with Gasteiger partial charge in [-0.25, -0.2) is 0 Å². The molecule has 0 radical (unpaired) electrons. The van der Waals surface area contributed by atoms with Crippen LogP contribution in [-0.2, 0) is 16.1 Å². The lowest BCUT2D eigenvalue weighted by Gasteiger charge is -2.30. The predicted molar refractivity (Wildman–Crippen MR) is 80.2 cm³/mol. The van der Waals surface area contributed by atoms with Crippen molar-refractivity contribution in [1.29, 1.82) is 0 Å². The highest BCUT2D eigenvalue weighted by molar-refractivity contribution is 5.87. The summed E-state index contributed by atoms with van der Waals surface area (Å²) in [7, 11) is 1.60. The number of carbonyl (C=O) groups excluding carboxylic acids is 2. The quantitative estimate of drug-likeness (QED) is 0.866. The van der Waals surface area contributed by atoms with Crippen LogP contribution in [-0.4, -0.2) is 29.8 Å². The Morgan fingerprint density at radius 3 is 2.50 bits per heavy atom. The molecule has 0 bridgehead atoms. The van der Waals surface area contributed by atoms with Crippen LogP contribution in [0.25, 0.3) is 0 Å². The average molecular weight is 276 g/mol. The monoisotopic (exact) mass is 276 g/mol. The average Bonchev–Trinajstić information content (AvgIpc) is 2.45. The molecule has 0 heterocycles. The van der Waals surface area contributed by atoms with Gasteiger partial charge in [-0.2, -0.15) is 0 Å². The third-order valence-corrected chi connectivity index (χ3v) is 3.37. The predicted octanol–water partition coefficient (Wildman–Crippen LogP) is 2.26. The van der Waals surface area contributed by atoms with Gasteiger partial charge < -0.3 is 10.2 Å². The third-order valence-electron chi connectivity index (χ3n) is 3.37. The summed E-state index contributed by atoms with van der Waals surface area (Å²) in [5, 5.41) is 2.64. The Bertz CT molecular complexity index is 471. The number of hydrogen-bond donors (Lipinski definition) is 1. The van der Waals surface area contributed by atoms with E-state index in [0.29, 0.717) is 19.4 Å². The maximum absolute atomic E-state index is 12.2. The SMILES string of the molecule is CCC(=O)N(Cc1cccc(C)c1)[C@@H](CC)C(=O)NC. The number of likely N-dealkylation sites (N-methyl/N-ethyl adjacent to an activating group) is 1. The van der Waals surface area contributed by atoms with Gasteiger partial charge in [0, 0.05) is 20.0 Å². The first-order valence-corrected chi connectivity index (χ1v) is 7.10. The molecule has 1 aromatic rings. The Balaban J connectivity index is 3.00. The molecule has 2 amide bonds. The number of aryl methyl sites for hydroxylation is 1. The largest absolute Gasteiger partial charge is 0.357 e. The molecule has 0 aliphatic heterocycles. The maximum Gasteiger partial charge on any atom is 0.242 e. The number of rotatable bonds is 6. The van der Waals surface area contributed by atoms with Gasteiger partial charge >= 0.3 is 0 Å². The smallest absolute Gasteiger partial charge is 0.242 e. The fraction of sp³-hybridized carbons (Fsp3) is 0.500. The van der Waals surface area contributed by atoms with E-state index in [1.165, 1.54) is 0 Å². The Morgan fingerprint density at radius 2 is 2.00 bits per heavy atom. The normalized spacial score (nSPS) is 11.8. The summed E-state index contributed by atoms with van der Waals surface area (Å²) in [5.41, 5.74) is 2.20. The van der Waals surface area contributed by atoms with E-state index >= 15 is 0 Å². The van der Waals surface area contributed by atoms with Crippen molar-refractivity contribution < 1.29 is 9.59 Å². The number of amides is 2. The fourth-order valence-electron chi connectivity index (χ4n) is 2.30. The van der Waals surface area contributed by atoms with Crippen LogP contribution in [0.3, 0.4) is 0 Å². The van der Waals surface area contributed by atoms with Gasteiger partial charge in [0.1, 0.15) is 6.04 Å². The second kappa shape index (κ2) is 7.68. The Hall–Kier alpha value is -1.84. The lowest BCUT2D eigenvalue weighted by molar-refractivity contribution is -0.141. The molecule has 1 N–H and O–H groups in total. The second-order valence-electron chi connectivity index (χ2n) is 4.90. The molecule has 0 saturated heterocycles. The van der Waals surface area contributed by atoms with Gasteiger partial charge in [-0.05, 0) is 18.9 Å². The van der Waals surface area contributed by atoms with Crippen molar-refractivity contribution in [3.05, 3.63) is 35.4 Å². The zero-order valence-electron chi connectivity index (χ0n) is 12.8. The van der Waals surface area contributed by atoms with Gasteiger partial charge in [0.15, 0.2) is 0 Å². The molecule has 0 unspecified atom stereocenters. The minimum Gasteiger partial charge on any atom is -0.357 e. The topological polar surface area (TPSA) is 49.4 Å². The molecule has 4 nitrogen and oxygen atoms in total. The van der Waals surface area contributed by atoms with E-state index in [9.17, 15) is 9.59 Å². The van der Waals surface area contributed by atoms with Crippen LogP contribution in [0.2, 0.25) is 0 Å². The summed E-state index contributed by atoms with van der Waals surface area (Å²) >= 11 is 0. The summed E-state index contributed by atoms with van der Waals surface area (Å²) in [5.74, 6) is -0.107. The van der Waals surface area contributed by atoms with Crippen molar-refractivity contribution in [2.45, 2.75) is 46.2 Å². The minimum absolute atomic E-state index is 0.00181. The van der Waals surface area contributed by atoms with Crippen molar-refractivity contribution in [3.63, 3.8) is 0 Å². The molecule has 0 spiro atoms. The highest BCUT2D eigenvalue weighted by Gasteiger charge is 2.26. The lowest BCUT2D eigenvalue weighted by atomic mass is 10.1. The van der Waals surface area contributed by atoms with Crippen LogP contribution in [0.15, 0.2) is 24.3 Å². The van der Waals surface area contributed by atoms with Crippen LogP contribution in [0.1, 0.15) is 37.8 Å². The number of nitrogens with zero attached hydrogens (tertiary/aromatic N) is 1. The maximum atomic E-state index is 12.2. The Kier molecular flexibility index (Phi) is 6.22. The van der Waals surface area contributed by atoms with Gasteiger partial charge in [0.25, 0.3) is 0 Å². The van der Waals surface area contributed by atoms with Crippen molar-refractivity contribution in [1.82, 2.24) is 10.2 Å². The molecular weight excluding hydrogens is 252 g/mol. The van der Waals surface area contributed by atoms with E-state index < -0.39 is 6.04 Å². The lowest BCUT2D eigenvalue weighted by Crippen LogP contribution is -2.48. The second-order valence-corrected chi connectivity index (χ2v) is 4.90. The first-order valence-electron chi connectivity index (χ1n) is 7.10. The van der Waals surface area contributed by atoms with E-state index in [1.807, 2.05) is 45.0 Å². The molecule has 0 saturated carbocycles. The summed E-state index contributed by atoms with van der Waals surface area (Å²) < 4.78 is 0. The third kappa shape index (κ3) is 4.08. The zero-order chi connectivity index (χ0) is 15.1. The number of benzene rings is 1. The molecule has 4 heteroatoms. The van der Waals surface area contributed by atoms with Gasteiger partial charge in [-0.15, -0.1) is 0 Å². The summed E-state index contributed by atoms with van der Waals surface area (Å²) in [6.45, 7) is 6.24. The van der Waals surface area contributed by atoms with Crippen molar-refractivity contribution in [2.75, 3.05) is 7.05 Å². The molecule has 0 fully saturated rings. The highest BCUT2D eigenvalue weighted by atomic mass is 16.2. The van der Waals surface area contributed by atoms with E-state index in [0.717, 1.165) is 11.1 Å². The molecule has 1 aromatic carbocycles. The molecule has 0 aliphatic rings. The molecule has 0 aliphatic carbocycles. The van der Waals surface area contributed by atoms with Crippen molar-refractivity contribution in [3.8, 4) is 0 Å². The highest BCUT2D eigenvalue weighted by Crippen LogP contribution is 2.14. The van der Waals surface area contributed by atoms with E-state index in [1.54, 1.807) is 11.9 Å². The summed E-state index contributed by atoms with van der Waals surface area (Å²) in [6.07, 6.45) is 1.01. The first kappa shape index (κ1) is 16.2. The minimum atomic E-state index is -0.409. The first-order chi connectivity index (χ1) is 9.53. The zero-order valence-corrected chi connectivity index (χ0v) is 12.8. The van der Waals surface area contributed by atoms with Crippen LogP contribution in [0.5, 0.6) is 0 Å². The van der Waals surface area contributed by atoms with E-state index in [-0.39, 0.29) is 11.8 Å². The Labute approximate surface area is 121 Å². The number of carbonyl (C=O) groups is 2. The van der Waals surface area contributed by atoms with Gasteiger partial charge in [-0.3, -0.25) is 9.59 Å².